The van der Waals surface area contributed by atoms with E-state index in [9.17, 15) is 4.79 Å². The topological polar surface area (TPSA) is 75.6 Å². The summed E-state index contributed by atoms with van der Waals surface area (Å²) in [6.45, 7) is 5.54. The Kier molecular flexibility index (Phi) is 2.71. The first-order valence-electron chi connectivity index (χ1n) is 5.32. The van der Waals surface area contributed by atoms with Crippen molar-refractivity contribution >= 4 is 11.7 Å². The van der Waals surface area contributed by atoms with Crippen LogP contribution in [0.3, 0.4) is 0 Å². The molecule has 0 fully saturated rings. The molecule has 6 heteroatoms. The van der Waals surface area contributed by atoms with Crippen LogP contribution in [0.4, 0.5) is 5.82 Å². The highest BCUT2D eigenvalue weighted by molar-refractivity contribution is 6.05. The first-order valence-corrected chi connectivity index (χ1v) is 5.32. The van der Waals surface area contributed by atoms with E-state index in [4.69, 9.17) is 0 Å². The van der Waals surface area contributed by atoms with Crippen LogP contribution in [0, 0.1) is 20.8 Å². The van der Waals surface area contributed by atoms with Crippen LogP contribution in [0.1, 0.15) is 27.4 Å². The van der Waals surface area contributed by atoms with Crippen molar-refractivity contribution in [2.75, 3.05) is 5.32 Å². The monoisotopic (exact) mass is 233 g/mol. The van der Waals surface area contributed by atoms with Gasteiger partial charge in [-0.05, 0) is 20.8 Å². The molecular formula is C11H15N5O. The average Bonchev–Trinajstić information content (AvgIpc) is 2.72. The fourth-order valence-electron chi connectivity index (χ4n) is 1.69. The summed E-state index contributed by atoms with van der Waals surface area (Å²) < 4.78 is 1.71. The highest BCUT2D eigenvalue weighted by Crippen LogP contribution is 2.13. The van der Waals surface area contributed by atoms with E-state index in [1.165, 1.54) is 0 Å². The molecule has 90 valence electrons. The Bertz CT molecular complexity index is 527. The Balaban J connectivity index is 2.23. The number of hydrogen-bond acceptors (Lipinski definition) is 3. The number of H-pyrrole nitrogens is 1. The molecule has 2 aromatic rings. The van der Waals surface area contributed by atoms with Gasteiger partial charge in [0.25, 0.3) is 5.91 Å². The molecule has 0 saturated heterocycles. The second kappa shape index (κ2) is 4.04. The number of nitrogens with one attached hydrogen (secondary N) is 2. The molecule has 2 heterocycles. The van der Waals surface area contributed by atoms with Gasteiger partial charge in [0.1, 0.15) is 0 Å². The number of rotatable bonds is 2. The van der Waals surface area contributed by atoms with Gasteiger partial charge < -0.3 is 5.32 Å². The highest BCUT2D eigenvalue weighted by atomic mass is 16.1. The lowest BCUT2D eigenvalue weighted by Crippen LogP contribution is -2.14. The quantitative estimate of drug-likeness (QED) is 0.821. The van der Waals surface area contributed by atoms with Crippen molar-refractivity contribution in [3.8, 4) is 0 Å². The number of hydrogen-bond donors (Lipinski definition) is 2. The number of aromatic nitrogens is 4. The molecule has 0 aliphatic rings. The molecule has 0 bridgehead atoms. The summed E-state index contributed by atoms with van der Waals surface area (Å²) in [6, 6.07) is 1.82. The summed E-state index contributed by atoms with van der Waals surface area (Å²) in [6.07, 6.45) is 0. The maximum absolute atomic E-state index is 12.0. The van der Waals surface area contributed by atoms with E-state index in [1.807, 2.05) is 27.0 Å². The van der Waals surface area contributed by atoms with E-state index < -0.39 is 0 Å². The van der Waals surface area contributed by atoms with Gasteiger partial charge in [-0.15, -0.1) is 0 Å². The molecule has 0 aliphatic heterocycles. The number of aromatic amines is 1. The predicted molar refractivity (Wildman–Crippen MR) is 64.0 cm³/mol. The summed E-state index contributed by atoms with van der Waals surface area (Å²) in [4.78, 5) is 12.0. The maximum Gasteiger partial charge on any atom is 0.260 e. The maximum atomic E-state index is 12.0. The second-order valence-corrected chi connectivity index (χ2v) is 4.06. The van der Waals surface area contributed by atoms with Crippen LogP contribution in [0.25, 0.3) is 0 Å². The van der Waals surface area contributed by atoms with Crippen LogP contribution >= 0.6 is 0 Å². The number of carbonyl (C=O) groups is 1. The van der Waals surface area contributed by atoms with Gasteiger partial charge in [0.15, 0.2) is 5.82 Å². The molecule has 0 unspecified atom stereocenters. The lowest BCUT2D eigenvalue weighted by atomic mass is 10.2. The third-order valence-corrected chi connectivity index (χ3v) is 2.71. The zero-order valence-corrected chi connectivity index (χ0v) is 10.3. The van der Waals surface area contributed by atoms with E-state index in [1.54, 1.807) is 11.6 Å². The number of aryl methyl sites for hydroxylation is 4. The number of anilines is 1. The Morgan fingerprint density at radius 2 is 2.12 bits per heavy atom. The minimum atomic E-state index is -0.188. The van der Waals surface area contributed by atoms with Gasteiger partial charge in [-0.25, -0.2) is 0 Å². The lowest BCUT2D eigenvalue weighted by Gasteiger charge is -2.01. The molecule has 0 saturated carbocycles. The summed E-state index contributed by atoms with van der Waals surface area (Å²) in [5.74, 6) is 0.363. The fourth-order valence-corrected chi connectivity index (χ4v) is 1.69. The Labute approximate surface area is 99.0 Å². The lowest BCUT2D eigenvalue weighted by molar-refractivity contribution is 0.102. The summed E-state index contributed by atoms with van der Waals surface area (Å²) in [7, 11) is 1.83. The molecule has 0 aliphatic carbocycles. The normalized spacial score (nSPS) is 10.6. The van der Waals surface area contributed by atoms with Gasteiger partial charge >= 0.3 is 0 Å². The average molecular weight is 233 g/mol. The number of carbonyl (C=O) groups excluding carboxylic acids is 1. The molecule has 2 rings (SSSR count). The largest absolute Gasteiger partial charge is 0.305 e. The first kappa shape index (κ1) is 11.4. The van der Waals surface area contributed by atoms with Crippen LogP contribution in [0.2, 0.25) is 0 Å². The highest BCUT2D eigenvalue weighted by Gasteiger charge is 2.16. The van der Waals surface area contributed by atoms with Crippen LogP contribution < -0.4 is 5.32 Å². The molecule has 0 aromatic carbocycles. The van der Waals surface area contributed by atoms with Gasteiger partial charge in [0, 0.05) is 24.5 Å². The first-order chi connectivity index (χ1) is 7.99. The molecule has 0 spiro atoms. The minimum absolute atomic E-state index is 0.188. The van der Waals surface area contributed by atoms with E-state index in [0.29, 0.717) is 17.1 Å². The molecule has 0 radical (unpaired) electrons. The van der Waals surface area contributed by atoms with E-state index in [2.05, 4.69) is 20.6 Å². The van der Waals surface area contributed by atoms with Crippen molar-refractivity contribution in [2.45, 2.75) is 20.8 Å². The van der Waals surface area contributed by atoms with Crippen molar-refractivity contribution < 1.29 is 4.79 Å². The molecule has 17 heavy (non-hydrogen) atoms. The van der Waals surface area contributed by atoms with Gasteiger partial charge in [-0.2, -0.15) is 10.2 Å². The van der Waals surface area contributed by atoms with Gasteiger partial charge in [-0.1, -0.05) is 0 Å². The third-order valence-electron chi connectivity index (χ3n) is 2.71. The summed E-state index contributed by atoms with van der Waals surface area (Å²) >= 11 is 0. The minimum Gasteiger partial charge on any atom is -0.305 e. The van der Waals surface area contributed by atoms with E-state index >= 15 is 0 Å². The predicted octanol–water partition coefficient (Wildman–Crippen LogP) is 1.32. The zero-order chi connectivity index (χ0) is 12.6. The van der Waals surface area contributed by atoms with Crippen LogP contribution in [-0.4, -0.2) is 25.9 Å². The molecule has 2 N–H and O–H groups in total. The Hall–Kier alpha value is -2.11. The third kappa shape index (κ3) is 2.06. The summed E-state index contributed by atoms with van der Waals surface area (Å²) in [5.41, 5.74) is 3.01. The van der Waals surface area contributed by atoms with Crippen molar-refractivity contribution in [2.24, 2.45) is 7.05 Å². The fraction of sp³-hybridized carbons (Fsp3) is 0.364. The van der Waals surface area contributed by atoms with E-state index in [0.717, 1.165) is 11.4 Å². The molecule has 1 amide bonds. The van der Waals surface area contributed by atoms with Crippen LogP contribution in [0.5, 0.6) is 0 Å². The number of amides is 1. The Morgan fingerprint density at radius 1 is 1.41 bits per heavy atom. The van der Waals surface area contributed by atoms with E-state index in [-0.39, 0.29) is 5.91 Å². The van der Waals surface area contributed by atoms with Crippen molar-refractivity contribution in [3.63, 3.8) is 0 Å². The van der Waals surface area contributed by atoms with Gasteiger partial charge in [0.05, 0.1) is 11.3 Å². The standard InChI is InChI=1S/C11H15N5O/c1-6-5-9(15-16(6)4)12-11(17)10-7(2)13-14-8(10)3/h5H,1-4H3,(H,13,14)(H,12,15,17). The van der Waals surface area contributed by atoms with Gasteiger partial charge in [0.2, 0.25) is 0 Å². The molecular weight excluding hydrogens is 218 g/mol. The SMILES string of the molecule is Cc1n[nH]c(C)c1C(=O)Nc1cc(C)n(C)n1. The molecule has 0 atom stereocenters. The second-order valence-electron chi connectivity index (χ2n) is 4.06. The van der Waals surface area contributed by atoms with Gasteiger partial charge in [-0.3, -0.25) is 14.6 Å². The molecule has 6 nitrogen and oxygen atoms in total. The van der Waals surface area contributed by atoms with Crippen LogP contribution in [-0.2, 0) is 7.05 Å². The smallest absolute Gasteiger partial charge is 0.260 e. The van der Waals surface area contributed by atoms with Crippen molar-refractivity contribution in [3.05, 3.63) is 28.7 Å². The van der Waals surface area contributed by atoms with Crippen LogP contribution in [0.15, 0.2) is 6.07 Å². The zero-order valence-electron chi connectivity index (χ0n) is 10.3. The van der Waals surface area contributed by atoms with Crippen molar-refractivity contribution in [1.82, 2.24) is 20.0 Å². The summed E-state index contributed by atoms with van der Waals surface area (Å²) in [5, 5.41) is 13.7. The Morgan fingerprint density at radius 3 is 2.59 bits per heavy atom. The molecule has 2 aromatic heterocycles. The van der Waals surface area contributed by atoms with Crippen molar-refractivity contribution in [1.29, 1.82) is 0 Å². The number of nitrogens with zero attached hydrogens (tertiary/aromatic N) is 3.